The first kappa shape index (κ1) is 20.4. The number of anilines is 1. The fourth-order valence-electron chi connectivity index (χ4n) is 3.38. The fraction of sp³-hybridized carbons (Fsp3) is 0.364. The van der Waals surface area contributed by atoms with Gasteiger partial charge in [-0.25, -0.2) is 4.98 Å². The number of hydrogen-bond acceptors (Lipinski definition) is 7. The average molecular weight is 428 g/mol. The Labute approximate surface area is 179 Å². The number of rotatable bonds is 8. The molecule has 0 atom stereocenters. The van der Waals surface area contributed by atoms with Crippen molar-refractivity contribution < 1.29 is 19.0 Å². The van der Waals surface area contributed by atoms with Crippen LogP contribution in [0.2, 0.25) is 0 Å². The number of nitrogens with zero attached hydrogens (tertiary/aromatic N) is 3. The van der Waals surface area contributed by atoms with Gasteiger partial charge in [-0.2, -0.15) is 0 Å². The Morgan fingerprint density at radius 2 is 2.00 bits per heavy atom. The average Bonchev–Trinajstić information content (AvgIpc) is 3.36. The van der Waals surface area contributed by atoms with Gasteiger partial charge in [0.15, 0.2) is 16.6 Å². The molecule has 2 aromatic carbocycles. The van der Waals surface area contributed by atoms with E-state index in [0.717, 1.165) is 28.7 Å². The Bertz CT molecular complexity index is 1050. The van der Waals surface area contributed by atoms with Crippen molar-refractivity contribution >= 4 is 32.6 Å². The summed E-state index contributed by atoms with van der Waals surface area (Å²) in [5.74, 6) is 2.12. The molecule has 1 aliphatic rings. The molecule has 8 heteroatoms. The van der Waals surface area contributed by atoms with E-state index in [1.165, 1.54) is 11.3 Å². The van der Waals surface area contributed by atoms with Crippen molar-refractivity contribution in [2.75, 3.05) is 46.0 Å². The highest BCUT2D eigenvalue weighted by Crippen LogP contribution is 2.35. The molecule has 0 unspecified atom stereocenters. The number of fused-ring (bicyclic) bond motifs is 2. The van der Waals surface area contributed by atoms with Crippen LogP contribution in [-0.4, -0.2) is 56.9 Å². The maximum absolute atomic E-state index is 13.3. The second-order valence-corrected chi connectivity index (χ2v) is 8.38. The van der Waals surface area contributed by atoms with E-state index < -0.39 is 0 Å². The topological polar surface area (TPSA) is 64.1 Å². The summed E-state index contributed by atoms with van der Waals surface area (Å²) in [6, 6.07) is 11.5. The first-order valence-corrected chi connectivity index (χ1v) is 10.6. The lowest BCUT2D eigenvalue weighted by Gasteiger charge is -2.21. The predicted molar refractivity (Wildman–Crippen MR) is 118 cm³/mol. The second kappa shape index (κ2) is 8.89. The van der Waals surface area contributed by atoms with Gasteiger partial charge < -0.3 is 19.1 Å². The van der Waals surface area contributed by atoms with Crippen LogP contribution < -0.4 is 19.1 Å². The van der Waals surface area contributed by atoms with Crippen molar-refractivity contribution in [2.45, 2.75) is 12.8 Å². The summed E-state index contributed by atoms with van der Waals surface area (Å²) in [4.78, 5) is 21.9. The third kappa shape index (κ3) is 4.34. The zero-order valence-corrected chi connectivity index (χ0v) is 18.2. The van der Waals surface area contributed by atoms with Crippen LogP contribution in [0, 0.1) is 0 Å². The highest BCUT2D eigenvalue weighted by Gasteiger charge is 2.22. The third-order valence-corrected chi connectivity index (χ3v) is 5.95. The molecule has 0 saturated carbocycles. The molecular formula is C22H25N3O4S. The molecule has 0 radical (unpaired) electrons. The van der Waals surface area contributed by atoms with Crippen LogP contribution in [-0.2, 0) is 11.2 Å². The minimum Gasteiger partial charge on any atom is -0.494 e. The van der Waals surface area contributed by atoms with Crippen LogP contribution in [0.4, 0.5) is 5.13 Å². The highest BCUT2D eigenvalue weighted by atomic mass is 32.1. The van der Waals surface area contributed by atoms with Gasteiger partial charge in [-0.05, 0) is 56.9 Å². The van der Waals surface area contributed by atoms with Gasteiger partial charge in [0, 0.05) is 6.54 Å². The van der Waals surface area contributed by atoms with Crippen LogP contribution in [0.1, 0.15) is 12.0 Å². The molecule has 3 aromatic rings. The predicted octanol–water partition coefficient (Wildman–Crippen LogP) is 3.56. The number of benzene rings is 2. The second-order valence-electron chi connectivity index (χ2n) is 7.37. The molecule has 1 amide bonds. The van der Waals surface area contributed by atoms with Crippen LogP contribution in [0.15, 0.2) is 36.4 Å². The lowest BCUT2D eigenvalue weighted by Crippen LogP contribution is -2.34. The number of hydrogen-bond donors (Lipinski definition) is 0. The zero-order valence-electron chi connectivity index (χ0n) is 17.4. The molecule has 1 aliphatic heterocycles. The first-order valence-electron chi connectivity index (χ1n) is 9.82. The molecule has 4 rings (SSSR count). The molecule has 30 heavy (non-hydrogen) atoms. The standard InChI is InChI=1S/C22H25N3O4S/c1-24(2)10-5-11-25(22-23-21-17(27-3)6-4-7-19(21)30-22)20(26)13-15-8-9-16-18(12-15)29-14-28-16/h4,6-9,12H,5,10-11,13-14H2,1-3H3. The number of methoxy groups -OCH3 is 1. The minimum atomic E-state index is 0.00523. The van der Waals surface area contributed by atoms with Gasteiger partial charge in [-0.15, -0.1) is 0 Å². The van der Waals surface area contributed by atoms with Crippen LogP contribution in [0.3, 0.4) is 0 Å². The molecule has 0 aliphatic carbocycles. The van der Waals surface area contributed by atoms with Gasteiger partial charge in [-0.3, -0.25) is 9.69 Å². The largest absolute Gasteiger partial charge is 0.494 e. The van der Waals surface area contributed by atoms with Crippen molar-refractivity contribution in [3.05, 3.63) is 42.0 Å². The molecule has 2 heterocycles. The zero-order chi connectivity index (χ0) is 21.1. The Hall–Kier alpha value is -2.84. The number of ether oxygens (including phenoxy) is 3. The Morgan fingerprint density at radius 1 is 1.17 bits per heavy atom. The van der Waals surface area contributed by atoms with E-state index >= 15 is 0 Å². The highest BCUT2D eigenvalue weighted by molar-refractivity contribution is 7.22. The first-order chi connectivity index (χ1) is 14.5. The number of amides is 1. The summed E-state index contributed by atoms with van der Waals surface area (Å²) in [6.07, 6.45) is 1.12. The van der Waals surface area contributed by atoms with E-state index in [1.54, 1.807) is 12.0 Å². The van der Waals surface area contributed by atoms with Gasteiger partial charge in [0.25, 0.3) is 0 Å². The monoisotopic (exact) mass is 427 g/mol. The SMILES string of the molecule is COc1cccc2sc(N(CCCN(C)C)C(=O)Cc3ccc4c(c3)OCO4)nc12. The Morgan fingerprint density at radius 3 is 2.80 bits per heavy atom. The Kier molecular flexibility index (Phi) is 6.06. The number of thiazole rings is 1. The lowest BCUT2D eigenvalue weighted by atomic mass is 10.1. The van der Waals surface area contributed by atoms with E-state index in [1.807, 2.05) is 50.5 Å². The number of aromatic nitrogens is 1. The van der Waals surface area contributed by atoms with Crippen LogP contribution in [0.25, 0.3) is 10.2 Å². The smallest absolute Gasteiger partial charge is 0.233 e. The van der Waals surface area contributed by atoms with Crippen molar-refractivity contribution in [3.63, 3.8) is 0 Å². The van der Waals surface area contributed by atoms with Crippen LogP contribution in [0.5, 0.6) is 17.2 Å². The molecule has 0 bridgehead atoms. The maximum atomic E-state index is 13.3. The lowest BCUT2D eigenvalue weighted by molar-refractivity contribution is -0.118. The van der Waals surface area contributed by atoms with E-state index in [4.69, 9.17) is 19.2 Å². The molecular weight excluding hydrogens is 402 g/mol. The van der Waals surface area contributed by atoms with Crippen molar-refractivity contribution in [3.8, 4) is 17.2 Å². The summed E-state index contributed by atoms with van der Waals surface area (Å²) in [6.45, 7) is 1.71. The maximum Gasteiger partial charge on any atom is 0.233 e. The molecule has 7 nitrogen and oxygen atoms in total. The van der Waals surface area contributed by atoms with Gasteiger partial charge >= 0.3 is 0 Å². The normalized spacial score (nSPS) is 12.5. The Balaban J connectivity index is 1.59. The minimum absolute atomic E-state index is 0.00523. The number of carbonyl (C=O) groups excluding carboxylic acids is 1. The van der Waals surface area contributed by atoms with Gasteiger partial charge in [0.05, 0.1) is 18.2 Å². The molecule has 158 valence electrons. The van der Waals surface area contributed by atoms with E-state index in [0.29, 0.717) is 28.9 Å². The summed E-state index contributed by atoms with van der Waals surface area (Å²) < 4.78 is 17.2. The number of para-hydroxylation sites is 1. The summed E-state index contributed by atoms with van der Waals surface area (Å²) in [5.41, 5.74) is 1.68. The van der Waals surface area contributed by atoms with Gasteiger partial charge in [0.2, 0.25) is 12.7 Å². The van der Waals surface area contributed by atoms with Crippen molar-refractivity contribution in [1.82, 2.24) is 9.88 Å². The third-order valence-electron chi connectivity index (χ3n) is 4.90. The number of carbonyl (C=O) groups is 1. The fourth-order valence-corrected chi connectivity index (χ4v) is 4.41. The molecule has 0 spiro atoms. The van der Waals surface area contributed by atoms with Gasteiger partial charge in [0.1, 0.15) is 11.3 Å². The summed E-state index contributed by atoms with van der Waals surface area (Å²) in [5, 5.41) is 0.694. The van der Waals surface area contributed by atoms with Crippen LogP contribution >= 0.6 is 11.3 Å². The summed E-state index contributed by atoms with van der Waals surface area (Å²) in [7, 11) is 5.69. The quantitative estimate of drug-likeness (QED) is 0.548. The summed E-state index contributed by atoms with van der Waals surface area (Å²) >= 11 is 1.51. The molecule has 0 saturated heterocycles. The van der Waals surface area contributed by atoms with E-state index in [-0.39, 0.29) is 19.1 Å². The molecule has 0 N–H and O–H groups in total. The van der Waals surface area contributed by atoms with Crippen molar-refractivity contribution in [1.29, 1.82) is 0 Å². The van der Waals surface area contributed by atoms with Crippen molar-refractivity contribution in [2.24, 2.45) is 0 Å². The van der Waals surface area contributed by atoms with E-state index in [9.17, 15) is 4.79 Å². The van der Waals surface area contributed by atoms with E-state index in [2.05, 4.69) is 4.90 Å². The molecule has 1 aromatic heterocycles. The van der Waals surface area contributed by atoms with Gasteiger partial charge in [-0.1, -0.05) is 23.5 Å². The molecule has 0 fully saturated rings.